The molecule has 1 atom stereocenters. The number of anilines is 1. The molecular formula is C18H23N5O. The lowest BCUT2D eigenvalue weighted by atomic mass is 10.2. The highest BCUT2D eigenvalue weighted by molar-refractivity contribution is 5.76. The van der Waals surface area contributed by atoms with E-state index >= 15 is 0 Å². The Bertz CT molecular complexity index is 704. The summed E-state index contributed by atoms with van der Waals surface area (Å²) in [5.74, 6) is 1.75. The van der Waals surface area contributed by atoms with Gasteiger partial charge in [-0.25, -0.2) is 9.97 Å². The van der Waals surface area contributed by atoms with Crippen molar-refractivity contribution in [1.29, 1.82) is 0 Å². The van der Waals surface area contributed by atoms with Gasteiger partial charge in [0.15, 0.2) is 5.82 Å². The summed E-state index contributed by atoms with van der Waals surface area (Å²) in [5, 5.41) is 3.47. The van der Waals surface area contributed by atoms with Crippen molar-refractivity contribution >= 4 is 11.7 Å². The van der Waals surface area contributed by atoms with Crippen LogP contribution in [0, 0.1) is 0 Å². The van der Waals surface area contributed by atoms with Gasteiger partial charge in [-0.1, -0.05) is 13.8 Å². The first-order chi connectivity index (χ1) is 11.7. The van der Waals surface area contributed by atoms with Gasteiger partial charge in [-0.05, 0) is 25.0 Å². The molecule has 1 amide bonds. The summed E-state index contributed by atoms with van der Waals surface area (Å²) in [6, 6.07) is 6.06. The third kappa shape index (κ3) is 3.69. The minimum Gasteiger partial charge on any atom is -0.365 e. The third-order valence-corrected chi connectivity index (χ3v) is 4.28. The third-order valence-electron chi connectivity index (χ3n) is 4.28. The van der Waals surface area contributed by atoms with Crippen molar-refractivity contribution in [2.24, 2.45) is 0 Å². The molecular weight excluding hydrogens is 302 g/mol. The molecule has 6 nitrogen and oxygen atoms in total. The van der Waals surface area contributed by atoms with Crippen LogP contribution in [0.15, 0.2) is 30.6 Å². The molecule has 3 heterocycles. The average Bonchev–Trinajstić information content (AvgIpc) is 3.10. The van der Waals surface area contributed by atoms with Gasteiger partial charge in [-0.3, -0.25) is 9.78 Å². The quantitative estimate of drug-likeness (QED) is 0.914. The lowest BCUT2D eigenvalue weighted by Gasteiger charge is -2.17. The Hall–Kier alpha value is -2.50. The standard InChI is InChI=1S/C18H23N5O/c1-3-14-11-16(20-15-7-10-23(12-15)17(24)4-2)22-18(21-14)13-5-8-19-9-6-13/h5-6,8-9,11,15H,3-4,7,10,12H2,1-2H3,(H,20,21,22). The molecule has 0 radical (unpaired) electrons. The molecule has 0 aliphatic carbocycles. The molecule has 6 heteroatoms. The van der Waals surface area contributed by atoms with E-state index in [0.717, 1.165) is 43.0 Å². The Morgan fingerprint density at radius 1 is 1.29 bits per heavy atom. The number of nitrogens with one attached hydrogen (secondary N) is 1. The summed E-state index contributed by atoms with van der Waals surface area (Å²) < 4.78 is 0. The topological polar surface area (TPSA) is 71.0 Å². The molecule has 2 aromatic rings. The highest BCUT2D eigenvalue weighted by Gasteiger charge is 2.25. The Morgan fingerprint density at radius 3 is 2.79 bits per heavy atom. The molecule has 0 saturated carbocycles. The SMILES string of the molecule is CCC(=O)N1CCC(Nc2cc(CC)nc(-c3ccncc3)n2)C1. The Labute approximate surface area is 142 Å². The Kier molecular flexibility index (Phi) is 5.03. The van der Waals surface area contributed by atoms with E-state index in [9.17, 15) is 4.79 Å². The number of aromatic nitrogens is 3. The monoisotopic (exact) mass is 325 g/mol. The minimum absolute atomic E-state index is 0.216. The fourth-order valence-electron chi connectivity index (χ4n) is 2.92. The fourth-order valence-corrected chi connectivity index (χ4v) is 2.92. The molecule has 1 aliphatic rings. The number of pyridine rings is 1. The van der Waals surface area contributed by atoms with E-state index in [1.807, 2.05) is 30.0 Å². The van der Waals surface area contributed by atoms with Crippen LogP contribution in [0.3, 0.4) is 0 Å². The van der Waals surface area contributed by atoms with Gasteiger partial charge < -0.3 is 10.2 Å². The van der Waals surface area contributed by atoms with Gasteiger partial charge in [0, 0.05) is 55.3 Å². The molecule has 1 N–H and O–H groups in total. The molecule has 1 unspecified atom stereocenters. The van der Waals surface area contributed by atoms with Crippen LogP contribution in [0.1, 0.15) is 32.4 Å². The van der Waals surface area contributed by atoms with E-state index in [0.29, 0.717) is 12.2 Å². The lowest BCUT2D eigenvalue weighted by Crippen LogP contribution is -2.31. The van der Waals surface area contributed by atoms with Crippen molar-refractivity contribution < 1.29 is 4.79 Å². The second-order valence-corrected chi connectivity index (χ2v) is 5.98. The molecule has 3 rings (SSSR count). The molecule has 1 saturated heterocycles. The molecule has 24 heavy (non-hydrogen) atoms. The normalized spacial score (nSPS) is 17.1. The van der Waals surface area contributed by atoms with Crippen molar-refractivity contribution in [2.45, 2.75) is 39.2 Å². The van der Waals surface area contributed by atoms with Crippen molar-refractivity contribution in [3.63, 3.8) is 0 Å². The Balaban J connectivity index is 1.77. The second kappa shape index (κ2) is 7.38. The summed E-state index contributed by atoms with van der Waals surface area (Å²) >= 11 is 0. The van der Waals surface area contributed by atoms with Gasteiger partial charge in [0.25, 0.3) is 0 Å². The number of nitrogens with zero attached hydrogens (tertiary/aromatic N) is 4. The van der Waals surface area contributed by atoms with Gasteiger partial charge in [0.1, 0.15) is 5.82 Å². The van der Waals surface area contributed by atoms with Crippen molar-refractivity contribution in [2.75, 3.05) is 18.4 Å². The number of aryl methyl sites for hydroxylation is 1. The highest BCUT2D eigenvalue weighted by Crippen LogP contribution is 2.20. The van der Waals surface area contributed by atoms with Crippen molar-refractivity contribution in [1.82, 2.24) is 19.9 Å². The van der Waals surface area contributed by atoms with Crippen LogP contribution in [0.2, 0.25) is 0 Å². The van der Waals surface area contributed by atoms with E-state index in [4.69, 9.17) is 0 Å². The zero-order valence-corrected chi connectivity index (χ0v) is 14.2. The molecule has 0 aromatic carbocycles. The molecule has 0 spiro atoms. The van der Waals surface area contributed by atoms with Gasteiger partial charge in [-0.2, -0.15) is 0 Å². The number of likely N-dealkylation sites (tertiary alicyclic amines) is 1. The predicted octanol–water partition coefficient (Wildman–Crippen LogP) is 2.52. The van der Waals surface area contributed by atoms with E-state index in [1.165, 1.54) is 0 Å². The van der Waals surface area contributed by atoms with E-state index < -0.39 is 0 Å². The number of rotatable bonds is 5. The fraction of sp³-hybridized carbons (Fsp3) is 0.444. The average molecular weight is 325 g/mol. The molecule has 126 valence electrons. The first-order valence-corrected chi connectivity index (χ1v) is 8.52. The first-order valence-electron chi connectivity index (χ1n) is 8.52. The van der Waals surface area contributed by atoms with Crippen LogP contribution < -0.4 is 5.32 Å². The predicted molar refractivity (Wildman–Crippen MR) is 93.5 cm³/mol. The number of carbonyl (C=O) groups is 1. The van der Waals surface area contributed by atoms with E-state index in [1.54, 1.807) is 12.4 Å². The summed E-state index contributed by atoms with van der Waals surface area (Å²) in [6.07, 6.45) is 5.85. The van der Waals surface area contributed by atoms with E-state index in [-0.39, 0.29) is 11.9 Å². The molecule has 1 fully saturated rings. The lowest BCUT2D eigenvalue weighted by molar-refractivity contribution is -0.129. The smallest absolute Gasteiger partial charge is 0.222 e. The Morgan fingerprint density at radius 2 is 2.08 bits per heavy atom. The summed E-state index contributed by atoms with van der Waals surface area (Å²) in [7, 11) is 0. The zero-order valence-electron chi connectivity index (χ0n) is 14.2. The van der Waals surface area contributed by atoms with Crippen LogP contribution in [0.5, 0.6) is 0 Å². The van der Waals surface area contributed by atoms with Crippen LogP contribution in [-0.2, 0) is 11.2 Å². The van der Waals surface area contributed by atoms with Crippen LogP contribution in [0.4, 0.5) is 5.82 Å². The highest BCUT2D eigenvalue weighted by atomic mass is 16.2. The van der Waals surface area contributed by atoms with Gasteiger partial charge in [0.2, 0.25) is 5.91 Å². The minimum atomic E-state index is 0.216. The molecule has 0 bridgehead atoms. The number of amides is 1. The van der Waals surface area contributed by atoms with Crippen molar-refractivity contribution in [3.05, 3.63) is 36.3 Å². The molecule has 1 aliphatic heterocycles. The number of hydrogen-bond acceptors (Lipinski definition) is 5. The van der Waals surface area contributed by atoms with Crippen LogP contribution in [0.25, 0.3) is 11.4 Å². The van der Waals surface area contributed by atoms with Gasteiger partial charge in [0.05, 0.1) is 0 Å². The van der Waals surface area contributed by atoms with E-state index in [2.05, 4.69) is 27.2 Å². The summed E-state index contributed by atoms with van der Waals surface area (Å²) in [4.78, 5) is 27.0. The maximum Gasteiger partial charge on any atom is 0.222 e. The number of hydrogen-bond donors (Lipinski definition) is 1. The zero-order chi connectivity index (χ0) is 16.9. The van der Waals surface area contributed by atoms with Crippen LogP contribution in [-0.4, -0.2) is 44.9 Å². The first kappa shape index (κ1) is 16.4. The largest absolute Gasteiger partial charge is 0.365 e. The van der Waals surface area contributed by atoms with Gasteiger partial charge in [-0.15, -0.1) is 0 Å². The van der Waals surface area contributed by atoms with Crippen molar-refractivity contribution in [3.8, 4) is 11.4 Å². The maximum absolute atomic E-state index is 11.8. The summed E-state index contributed by atoms with van der Waals surface area (Å²) in [6.45, 7) is 5.54. The molecule has 2 aromatic heterocycles. The van der Waals surface area contributed by atoms with Gasteiger partial charge >= 0.3 is 0 Å². The maximum atomic E-state index is 11.8. The number of carbonyl (C=O) groups excluding carboxylic acids is 1. The van der Waals surface area contributed by atoms with Crippen LogP contribution >= 0.6 is 0 Å². The second-order valence-electron chi connectivity index (χ2n) is 5.98. The summed E-state index contributed by atoms with van der Waals surface area (Å²) in [5.41, 5.74) is 1.95.